The summed E-state index contributed by atoms with van der Waals surface area (Å²) in [7, 11) is 1.33. The van der Waals surface area contributed by atoms with Gasteiger partial charge in [0.1, 0.15) is 5.57 Å². The molecule has 2 rings (SSSR count). The van der Waals surface area contributed by atoms with Crippen LogP contribution in [0.3, 0.4) is 0 Å². The number of allylic oxidation sites excluding steroid dienone is 1. The summed E-state index contributed by atoms with van der Waals surface area (Å²) >= 11 is 0. The molecule has 0 spiro atoms. The van der Waals surface area contributed by atoms with Gasteiger partial charge in [-0.15, -0.1) is 0 Å². The van der Waals surface area contributed by atoms with Crippen LogP contribution in [-0.2, 0) is 9.53 Å². The summed E-state index contributed by atoms with van der Waals surface area (Å²) in [5, 5.41) is 1.01. The number of nitrogens with zero attached hydrogens (tertiary/aromatic N) is 1. The highest BCUT2D eigenvalue weighted by Gasteiger charge is 2.16. The first-order valence-corrected chi connectivity index (χ1v) is 5.54. The molecule has 4 heteroatoms. The zero-order valence-corrected chi connectivity index (χ0v) is 10.3. The van der Waals surface area contributed by atoms with Gasteiger partial charge in [-0.2, -0.15) is 0 Å². The monoisotopic (exact) mass is 242 g/mol. The van der Waals surface area contributed by atoms with Gasteiger partial charge in [-0.1, -0.05) is 24.3 Å². The fourth-order valence-corrected chi connectivity index (χ4v) is 1.77. The maximum absolute atomic E-state index is 11.7. The second-order valence-corrected chi connectivity index (χ2v) is 3.94. The van der Waals surface area contributed by atoms with Crippen molar-refractivity contribution < 1.29 is 9.53 Å². The van der Waals surface area contributed by atoms with Crippen LogP contribution >= 0.6 is 0 Å². The van der Waals surface area contributed by atoms with E-state index in [1.54, 1.807) is 13.0 Å². The minimum Gasteiger partial charge on any atom is -0.465 e. The number of carbonyl (C=O) groups excluding carboxylic acids is 1. The van der Waals surface area contributed by atoms with Crippen LogP contribution in [0.1, 0.15) is 12.6 Å². The third-order valence-corrected chi connectivity index (χ3v) is 2.64. The number of aromatic nitrogens is 1. The fraction of sp³-hybridized carbons (Fsp3) is 0.143. The van der Waals surface area contributed by atoms with Crippen LogP contribution in [0.25, 0.3) is 16.5 Å². The maximum atomic E-state index is 11.7. The van der Waals surface area contributed by atoms with Crippen LogP contribution in [0.15, 0.2) is 42.1 Å². The van der Waals surface area contributed by atoms with Crippen molar-refractivity contribution in [2.24, 2.45) is 5.73 Å². The van der Waals surface area contributed by atoms with E-state index in [0.29, 0.717) is 17.0 Å². The summed E-state index contributed by atoms with van der Waals surface area (Å²) in [6.07, 6.45) is 0. The molecular formula is C14H14N2O2. The van der Waals surface area contributed by atoms with Crippen molar-refractivity contribution in [1.82, 2.24) is 4.98 Å². The van der Waals surface area contributed by atoms with Crippen LogP contribution in [-0.4, -0.2) is 18.1 Å². The molecule has 1 heterocycles. The molecule has 0 unspecified atom stereocenters. The number of pyridine rings is 1. The molecule has 18 heavy (non-hydrogen) atoms. The van der Waals surface area contributed by atoms with Gasteiger partial charge >= 0.3 is 5.97 Å². The molecular weight excluding hydrogens is 228 g/mol. The zero-order chi connectivity index (χ0) is 13.1. The number of nitrogens with two attached hydrogens (primary N) is 1. The Morgan fingerprint density at radius 3 is 2.61 bits per heavy atom. The minimum absolute atomic E-state index is 0.309. The molecule has 1 aromatic carbocycles. The molecule has 2 aromatic rings. The summed E-state index contributed by atoms with van der Waals surface area (Å²) in [5.41, 5.74) is 7.78. The highest BCUT2D eigenvalue weighted by molar-refractivity contribution is 6.16. The lowest BCUT2D eigenvalue weighted by molar-refractivity contribution is -0.133. The molecule has 0 atom stereocenters. The summed E-state index contributed by atoms with van der Waals surface area (Å²) in [5.74, 6) is -0.474. The molecule has 0 saturated heterocycles. The van der Waals surface area contributed by atoms with Crippen molar-refractivity contribution in [2.45, 2.75) is 6.92 Å². The number of carbonyl (C=O) groups is 1. The lowest BCUT2D eigenvalue weighted by Gasteiger charge is -2.08. The van der Waals surface area contributed by atoms with Crippen LogP contribution in [0.2, 0.25) is 0 Å². The Bertz CT molecular complexity index is 628. The van der Waals surface area contributed by atoms with E-state index in [9.17, 15) is 4.79 Å². The number of para-hydroxylation sites is 1. The first kappa shape index (κ1) is 12.1. The molecule has 0 radical (unpaired) electrons. The predicted molar refractivity (Wildman–Crippen MR) is 70.5 cm³/mol. The third-order valence-electron chi connectivity index (χ3n) is 2.64. The highest BCUT2D eigenvalue weighted by Crippen LogP contribution is 2.20. The number of fused-ring (bicyclic) bond motifs is 1. The van der Waals surface area contributed by atoms with E-state index in [4.69, 9.17) is 10.5 Å². The highest BCUT2D eigenvalue weighted by atomic mass is 16.5. The summed E-state index contributed by atoms with van der Waals surface area (Å²) in [6.45, 7) is 1.66. The molecule has 0 bridgehead atoms. The van der Waals surface area contributed by atoms with Gasteiger partial charge < -0.3 is 10.5 Å². The number of esters is 1. The van der Waals surface area contributed by atoms with Gasteiger partial charge in [0.25, 0.3) is 0 Å². The Balaban J connectivity index is 2.59. The van der Waals surface area contributed by atoms with Gasteiger partial charge in [-0.05, 0) is 19.1 Å². The normalized spacial score (nSPS) is 12.1. The van der Waals surface area contributed by atoms with Crippen molar-refractivity contribution >= 4 is 22.4 Å². The van der Waals surface area contributed by atoms with Crippen LogP contribution < -0.4 is 5.73 Å². The lowest BCUT2D eigenvalue weighted by Crippen LogP contribution is -2.11. The Kier molecular flexibility index (Phi) is 3.28. The van der Waals surface area contributed by atoms with Crippen LogP contribution in [0.4, 0.5) is 0 Å². The fourth-order valence-electron chi connectivity index (χ4n) is 1.77. The van der Waals surface area contributed by atoms with Gasteiger partial charge in [0.2, 0.25) is 0 Å². The van der Waals surface area contributed by atoms with E-state index in [1.807, 2.05) is 30.3 Å². The summed E-state index contributed by atoms with van der Waals surface area (Å²) in [6, 6.07) is 11.4. The molecule has 0 aliphatic carbocycles. The molecule has 92 valence electrons. The van der Waals surface area contributed by atoms with Crippen molar-refractivity contribution in [3.63, 3.8) is 0 Å². The standard InChI is InChI=1S/C14H14N2O2/c1-9(15)13(14(17)18-2)12-8-7-10-5-3-4-6-11(10)16-12/h3-8H,15H2,1-2H3/b13-9-. The summed E-state index contributed by atoms with van der Waals surface area (Å²) < 4.78 is 4.72. The van der Waals surface area contributed by atoms with E-state index >= 15 is 0 Å². The summed E-state index contributed by atoms with van der Waals surface area (Å²) in [4.78, 5) is 16.1. The average molecular weight is 242 g/mol. The molecule has 0 saturated carbocycles. The molecule has 0 fully saturated rings. The van der Waals surface area contributed by atoms with E-state index in [2.05, 4.69) is 4.98 Å². The van der Waals surface area contributed by atoms with Crippen molar-refractivity contribution in [3.8, 4) is 0 Å². The van der Waals surface area contributed by atoms with Gasteiger partial charge in [0, 0.05) is 11.1 Å². The zero-order valence-electron chi connectivity index (χ0n) is 10.3. The largest absolute Gasteiger partial charge is 0.465 e. The Hall–Kier alpha value is -2.36. The number of rotatable bonds is 2. The van der Waals surface area contributed by atoms with Gasteiger partial charge in [0.15, 0.2) is 0 Å². The van der Waals surface area contributed by atoms with Crippen molar-refractivity contribution in [1.29, 1.82) is 0 Å². The van der Waals surface area contributed by atoms with Gasteiger partial charge in [0.05, 0.1) is 18.3 Å². The SMILES string of the molecule is COC(=O)/C(=C(/C)N)c1ccc2ccccc2n1. The van der Waals surface area contributed by atoms with E-state index in [0.717, 1.165) is 10.9 Å². The van der Waals surface area contributed by atoms with Crippen LogP contribution in [0, 0.1) is 0 Å². The van der Waals surface area contributed by atoms with E-state index < -0.39 is 5.97 Å². The number of benzene rings is 1. The van der Waals surface area contributed by atoms with Crippen molar-refractivity contribution in [3.05, 3.63) is 47.8 Å². The second-order valence-electron chi connectivity index (χ2n) is 3.94. The van der Waals surface area contributed by atoms with Crippen molar-refractivity contribution in [2.75, 3.05) is 7.11 Å². The first-order valence-electron chi connectivity index (χ1n) is 5.54. The third kappa shape index (κ3) is 2.18. The molecule has 1 aromatic heterocycles. The van der Waals surface area contributed by atoms with Gasteiger partial charge in [-0.3, -0.25) is 0 Å². The first-order chi connectivity index (χ1) is 8.63. The molecule has 0 amide bonds. The smallest absolute Gasteiger partial charge is 0.341 e. The number of ether oxygens (including phenoxy) is 1. The number of hydrogen-bond acceptors (Lipinski definition) is 4. The minimum atomic E-state index is -0.474. The molecule has 0 aliphatic rings. The molecule has 2 N–H and O–H groups in total. The number of hydrogen-bond donors (Lipinski definition) is 1. The van der Waals surface area contributed by atoms with E-state index in [1.165, 1.54) is 7.11 Å². The molecule has 0 aliphatic heterocycles. The quantitative estimate of drug-likeness (QED) is 0.647. The Labute approximate surface area is 105 Å². The van der Waals surface area contributed by atoms with Gasteiger partial charge in [-0.25, -0.2) is 9.78 Å². The predicted octanol–water partition coefficient (Wildman–Crippen LogP) is 2.10. The maximum Gasteiger partial charge on any atom is 0.341 e. The lowest BCUT2D eigenvalue weighted by atomic mass is 10.1. The second kappa shape index (κ2) is 4.87. The molecule has 4 nitrogen and oxygen atoms in total. The van der Waals surface area contributed by atoms with Crippen LogP contribution in [0.5, 0.6) is 0 Å². The Morgan fingerprint density at radius 1 is 1.22 bits per heavy atom. The number of methoxy groups -OCH3 is 1. The average Bonchev–Trinajstić information content (AvgIpc) is 2.38. The topological polar surface area (TPSA) is 65.2 Å². The Morgan fingerprint density at radius 2 is 1.94 bits per heavy atom. The van der Waals surface area contributed by atoms with E-state index in [-0.39, 0.29) is 0 Å².